The van der Waals surface area contributed by atoms with Crippen LogP contribution in [-0.2, 0) is 5.54 Å². The summed E-state index contributed by atoms with van der Waals surface area (Å²) in [6.07, 6.45) is 4.69. The number of halogens is 1. The summed E-state index contributed by atoms with van der Waals surface area (Å²) in [7, 11) is 0. The van der Waals surface area contributed by atoms with Crippen LogP contribution < -0.4 is 5.73 Å². The van der Waals surface area contributed by atoms with E-state index in [1.54, 1.807) is 0 Å². The molecule has 0 aliphatic heterocycles. The van der Waals surface area contributed by atoms with E-state index in [0.29, 0.717) is 11.7 Å². The summed E-state index contributed by atoms with van der Waals surface area (Å²) in [6, 6.07) is 12.2. The van der Waals surface area contributed by atoms with Gasteiger partial charge in [0.15, 0.2) is 11.5 Å². The van der Waals surface area contributed by atoms with Crippen molar-refractivity contribution in [3.8, 4) is 22.7 Å². The Hall–Kier alpha value is -2.77. The van der Waals surface area contributed by atoms with Crippen LogP contribution in [0.2, 0.25) is 0 Å². The molecule has 1 aromatic carbocycles. The Morgan fingerprint density at radius 3 is 2.55 bits per heavy atom. The van der Waals surface area contributed by atoms with Crippen LogP contribution in [0.1, 0.15) is 45.0 Å². The van der Waals surface area contributed by atoms with Crippen molar-refractivity contribution in [1.29, 1.82) is 0 Å². The van der Waals surface area contributed by atoms with Gasteiger partial charge in [-0.2, -0.15) is 10.1 Å². The molecule has 0 radical (unpaired) electrons. The van der Waals surface area contributed by atoms with E-state index in [0.717, 1.165) is 47.1 Å². The van der Waals surface area contributed by atoms with Crippen LogP contribution in [0.3, 0.4) is 0 Å². The maximum atomic E-state index is 6.38. The number of hydrogen-bond donors (Lipinski definition) is 1. The van der Waals surface area contributed by atoms with E-state index in [1.165, 1.54) is 0 Å². The van der Waals surface area contributed by atoms with E-state index in [4.69, 9.17) is 15.2 Å². The minimum Gasteiger partial charge on any atom is -0.334 e. The first kappa shape index (κ1) is 19.5. The molecule has 1 fully saturated rings. The van der Waals surface area contributed by atoms with E-state index in [-0.39, 0.29) is 18.4 Å². The van der Waals surface area contributed by atoms with E-state index in [2.05, 4.69) is 29.1 Å². The van der Waals surface area contributed by atoms with Gasteiger partial charge in [-0.3, -0.25) is 0 Å². The number of pyridine rings is 1. The zero-order valence-electron chi connectivity index (χ0n) is 16.4. The summed E-state index contributed by atoms with van der Waals surface area (Å²) in [5.41, 5.74) is 9.42. The Balaban J connectivity index is 0.00000205. The smallest absolute Gasteiger partial charge is 0.258 e. The van der Waals surface area contributed by atoms with Gasteiger partial charge in [0.2, 0.25) is 0 Å². The van der Waals surface area contributed by atoms with Crippen molar-refractivity contribution in [1.82, 2.24) is 24.9 Å². The molecule has 0 unspecified atom stereocenters. The second-order valence-electron chi connectivity index (χ2n) is 7.77. The lowest BCUT2D eigenvalue weighted by Crippen LogP contribution is -2.44. The van der Waals surface area contributed by atoms with Gasteiger partial charge in [0.05, 0.1) is 28.4 Å². The van der Waals surface area contributed by atoms with Crippen LogP contribution in [0.25, 0.3) is 33.7 Å². The summed E-state index contributed by atoms with van der Waals surface area (Å²) in [5.74, 6) is 1.04. The Morgan fingerprint density at radius 2 is 1.90 bits per heavy atom. The molecule has 2 N–H and O–H groups in total. The van der Waals surface area contributed by atoms with Crippen LogP contribution in [0.4, 0.5) is 0 Å². The first-order valence-electron chi connectivity index (χ1n) is 9.62. The molecule has 5 rings (SSSR count). The molecule has 1 aliphatic carbocycles. The minimum absolute atomic E-state index is 0. The molecule has 0 atom stereocenters. The maximum absolute atomic E-state index is 6.38. The van der Waals surface area contributed by atoms with Crippen LogP contribution in [0.5, 0.6) is 0 Å². The van der Waals surface area contributed by atoms with Crippen molar-refractivity contribution in [2.24, 2.45) is 5.73 Å². The number of nitrogens with zero attached hydrogens (tertiary/aromatic N) is 5. The number of nitrogens with two attached hydrogens (primary N) is 1. The van der Waals surface area contributed by atoms with Crippen LogP contribution >= 0.6 is 12.4 Å². The van der Waals surface area contributed by atoms with Gasteiger partial charge in [-0.05, 0) is 39.2 Å². The first-order valence-corrected chi connectivity index (χ1v) is 9.62. The molecule has 0 saturated heterocycles. The molecule has 0 spiro atoms. The Morgan fingerprint density at radius 1 is 1.14 bits per heavy atom. The summed E-state index contributed by atoms with van der Waals surface area (Å²) < 4.78 is 7.55. The SMILES string of the molecule is CC(C)n1ncc2c(-c3nc(C4(N)CCC4)no3)cc(-c3ccccc3)nc21.Cl. The standard InChI is InChI=1S/C21H22N6O.ClH/c1-13(2)27-18-16(12-23-27)15(11-17(24-18)14-7-4-3-5-8-14)19-25-20(26-28-19)21(22)9-6-10-21;/h3-5,7-8,11-13H,6,9-10,22H2,1-2H3;1H. The van der Waals surface area contributed by atoms with Crippen LogP contribution in [-0.4, -0.2) is 24.9 Å². The highest BCUT2D eigenvalue weighted by Gasteiger charge is 2.39. The predicted molar refractivity (Wildman–Crippen MR) is 114 cm³/mol. The van der Waals surface area contributed by atoms with Gasteiger partial charge in [0, 0.05) is 11.6 Å². The van der Waals surface area contributed by atoms with Gasteiger partial charge in [-0.25, -0.2) is 9.67 Å². The van der Waals surface area contributed by atoms with E-state index in [1.807, 2.05) is 47.3 Å². The van der Waals surface area contributed by atoms with Crippen molar-refractivity contribution in [2.75, 3.05) is 0 Å². The topological polar surface area (TPSA) is 95.7 Å². The van der Waals surface area contributed by atoms with Gasteiger partial charge in [-0.15, -0.1) is 12.4 Å². The molecule has 3 aromatic heterocycles. The lowest BCUT2D eigenvalue weighted by molar-refractivity contribution is 0.229. The molecule has 150 valence electrons. The monoisotopic (exact) mass is 410 g/mol. The van der Waals surface area contributed by atoms with Crippen molar-refractivity contribution in [3.05, 3.63) is 48.4 Å². The Labute approximate surface area is 174 Å². The fourth-order valence-electron chi connectivity index (χ4n) is 3.65. The van der Waals surface area contributed by atoms with Gasteiger partial charge in [0.1, 0.15) is 0 Å². The number of rotatable bonds is 4. The minimum atomic E-state index is -0.460. The summed E-state index contributed by atoms with van der Waals surface area (Å²) in [5, 5.41) is 9.61. The molecule has 7 nitrogen and oxygen atoms in total. The van der Waals surface area contributed by atoms with Gasteiger partial charge >= 0.3 is 0 Å². The summed E-state index contributed by atoms with van der Waals surface area (Å²) in [6.45, 7) is 4.17. The van der Waals surface area contributed by atoms with Crippen molar-refractivity contribution >= 4 is 23.4 Å². The first-order chi connectivity index (χ1) is 13.5. The Kier molecular flexibility index (Phi) is 4.88. The van der Waals surface area contributed by atoms with Gasteiger partial charge in [-0.1, -0.05) is 35.5 Å². The molecular weight excluding hydrogens is 388 g/mol. The zero-order valence-corrected chi connectivity index (χ0v) is 17.2. The molecule has 1 aliphatic rings. The zero-order chi connectivity index (χ0) is 19.3. The van der Waals surface area contributed by atoms with Crippen molar-refractivity contribution in [2.45, 2.75) is 44.7 Å². The largest absolute Gasteiger partial charge is 0.334 e. The molecule has 1 saturated carbocycles. The van der Waals surface area contributed by atoms with E-state index in [9.17, 15) is 0 Å². The third-order valence-electron chi connectivity index (χ3n) is 5.47. The number of hydrogen-bond acceptors (Lipinski definition) is 6. The average molecular weight is 411 g/mol. The number of aromatic nitrogens is 5. The highest BCUT2D eigenvalue weighted by Crippen LogP contribution is 2.39. The quantitative estimate of drug-likeness (QED) is 0.532. The predicted octanol–water partition coefficient (Wildman–Crippen LogP) is 4.49. The fraction of sp³-hybridized carbons (Fsp3) is 0.333. The second-order valence-corrected chi connectivity index (χ2v) is 7.77. The highest BCUT2D eigenvalue weighted by molar-refractivity contribution is 5.92. The fourth-order valence-corrected chi connectivity index (χ4v) is 3.65. The number of fused-ring (bicyclic) bond motifs is 1. The molecular formula is C21H23ClN6O. The normalized spacial score (nSPS) is 15.3. The highest BCUT2D eigenvalue weighted by atomic mass is 35.5. The van der Waals surface area contributed by atoms with E-state index >= 15 is 0 Å². The second kappa shape index (κ2) is 7.24. The third-order valence-corrected chi connectivity index (χ3v) is 5.47. The molecule has 3 heterocycles. The van der Waals surface area contributed by atoms with E-state index < -0.39 is 5.54 Å². The van der Waals surface area contributed by atoms with Gasteiger partial charge in [0.25, 0.3) is 5.89 Å². The summed E-state index contributed by atoms with van der Waals surface area (Å²) >= 11 is 0. The Bertz CT molecular complexity index is 1150. The average Bonchev–Trinajstić information content (AvgIpc) is 3.33. The molecule has 29 heavy (non-hydrogen) atoms. The lowest BCUT2D eigenvalue weighted by atomic mass is 9.77. The molecule has 0 amide bonds. The van der Waals surface area contributed by atoms with Crippen molar-refractivity contribution in [3.63, 3.8) is 0 Å². The third kappa shape index (κ3) is 3.20. The molecule has 0 bridgehead atoms. The molecule has 4 aromatic rings. The summed E-state index contributed by atoms with van der Waals surface area (Å²) in [4.78, 5) is 9.53. The lowest BCUT2D eigenvalue weighted by Gasteiger charge is -2.34. The number of benzene rings is 1. The van der Waals surface area contributed by atoms with Crippen LogP contribution in [0.15, 0.2) is 47.1 Å². The maximum Gasteiger partial charge on any atom is 0.258 e. The van der Waals surface area contributed by atoms with Gasteiger partial charge < -0.3 is 10.3 Å². The van der Waals surface area contributed by atoms with Crippen LogP contribution in [0, 0.1) is 0 Å². The van der Waals surface area contributed by atoms with Crippen molar-refractivity contribution < 1.29 is 4.52 Å². The molecule has 8 heteroatoms.